The van der Waals surface area contributed by atoms with Crippen LogP contribution < -0.4 is 15.5 Å². The van der Waals surface area contributed by atoms with Crippen molar-refractivity contribution in [2.24, 2.45) is 0 Å². The number of hydrogen-bond donors (Lipinski definition) is 2. The highest BCUT2D eigenvalue weighted by molar-refractivity contribution is 5.81. The molecule has 4 heteroatoms. The van der Waals surface area contributed by atoms with Gasteiger partial charge in [0.1, 0.15) is 0 Å². The van der Waals surface area contributed by atoms with Crippen LogP contribution in [-0.2, 0) is 11.3 Å². The van der Waals surface area contributed by atoms with Gasteiger partial charge < -0.3 is 15.5 Å². The van der Waals surface area contributed by atoms with Gasteiger partial charge in [0.25, 0.3) is 0 Å². The summed E-state index contributed by atoms with van der Waals surface area (Å²) in [5.74, 6) is 0.0567. The molecule has 1 fully saturated rings. The molecule has 1 unspecified atom stereocenters. The minimum Gasteiger partial charge on any atom is -0.372 e. The van der Waals surface area contributed by atoms with E-state index in [4.69, 9.17) is 0 Å². The maximum atomic E-state index is 11.6. The summed E-state index contributed by atoms with van der Waals surface area (Å²) in [4.78, 5) is 14.0. The predicted molar refractivity (Wildman–Crippen MR) is 82.9 cm³/mol. The van der Waals surface area contributed by atoms with Gasteiger partial charge in [0, 0.05) is 31.9 Å². The van der Waals surface area contributed by atoms with Gasteiger partial charge in [-0.2, -0.15) is 0 Å². The standard InChI is InChI=1S/C16H25N3O/c1-3-17-16(20)13(2)18-12-14-6-8-15(9-7-14)19-10-4-5-11-19/h6-9,13,18H,3-5,10-12H2,1-2H3,(H,17,20). The summed E-state index contributed by atoms with van der Waals surface area (Å²) >= 11 is 0. The highest BCUT2D eigenvalue weighted by atomic mass is 16.2. The van der Waals surface area contributed by atoms with E-state index in [-0.39, 0.29) is 11.9 Å². The predicted octanol–water partition coefficient (Wildman–Crippen LogP) is 1.90. The van der Waals surface area contributed by atoms with Gasteiger partial charge in [0.05, 0.1) is 6.04 Å². The van der Waals surface area contributed by atoms with E-state index in [2.05, 4.69) is 39.8 Å². The van der Waals surface area contributed by atoms with Gasteiger partial charge in [-0.25, -0.2) is 0 Å². The molecule has 2 rings (SSSR count). The molecule has 1 aliphatic heterocycles. The van der Waals surface area contributed by atoms with Crippen molar-refractivity contribution in [3.63, 3.8) is 0 Å². The van der Waals surface area contributed by atoms with Crippen LogP contribution >= 0.6 is 0 Å². The number of nitrogens with one attached hydrogen (secondary N) is 2. The van der Waals surface area contributed by atoms with Crippen LogP contribution in [0.3, 0.4) is 0 Å². The Hall–Kier alpha value is -1.55. The Morgan fingerprint density at radius 1 is 1.25 bits per heavy atom. The lowest BCUT2D eigenvalue weighted by atomic mass is 10.2. The van der Waals surface area contributed by atoms with Crippen LogP contribution in [0.1, 0.15) is 32.3 Å². The fourth-order valence-electron chi connectivity index (χ4n) is 2.49. The van der Waals surface area contributed by atoms with Gasteiger partial charge in [-0.15, -0.1) is 0 Å². The Bertz CT molecular complexity index is 424. The highest BCUT2D eigenvalue weighted by Crippen LogP contribution is 2.20. The van der Waals surface area contributed by atoms with Crippen molar-refractivity contribution >= 4 is 11.6 Å². The maximum Gasteiger partial charge on any atom is 0.236 e. The number of rotatable bonds is 6. The summed E-state index contributed by atoms with van der Waals surface area (Å²) in [6.45, 7) is 7.57. The van der Waals surface area contributed by atoms with Crippen LogP contribution in [0.2, 0.25) is 0 Å². The number of hydrogen-bond acceptors (Lipinski definition) is 3. The molecule has 1 saturated heterocycles. The largest absolute Gasteiger partial charge is 0.372 e. The number of carbonyl (C=O) groups is 1. The van der Waals surface area contributed by atoms with Gasteiger partial charge in [0.15, 0.2) is 0 Å². The molecule has 0 bridgehead atoms. The molecule has 110 valence electrons. The molecular weight excluding hydrogens is 250 g/mol. The molecule has 0 radical (unpaired) electrons. The Balaban J connectivity index is 1.83. The average molecular weight is 275 g/mol. The van der Waals surface area contributed by atoms with Crippen molar-refractivity contribution in [3.05, 3.63) is 29.8 Å². The Labute approximate surface area is 121 Å². The third-order valence-electron chi connectivity index (χ3n) is 3.76. The van der Waals surface area contributed by atoms with Crippen LogP contribution in [-0.4, -0.2) is 31.6 Å². The molecule has 1 atom stereocenters. The molecule has 1 aromatic rings. The molecule has 2 N–H and O–H groups in total. The lowest BCUT2D eigenvalue weighted by Gasteiger charge is -2.18. The first-order valence-electron chi connectivity index (χ1n) is 7.55. The lowest BCUT2D eigenvalue weighted by Crippen LogP contribution is -2.41. The zero-order chi connectivity index (χ0) is 14.4. The summed E-state index contributed by atoms with van der Waals surface area (Å²) in [6.07, 6.45) is 2.60. The molecule has 0 aliphatic carbocycles. The van der Waals surface area contributed by atoms with Crippen LogP contribution in [0.25, 0.3) is 0 Å². The number of benzene rings is 1. The van der Waals surface area contributed by atoms with Crippen molar-refractivity contribution in [2.75, 3.05) is 24.5 Å². The minimum atomic E-state index is -0.159. The number of anilines is 1. The number of carbonyl (C=O) groups excluding carboxylic acids is 1. The summed E-state index contributed by atoms with van der Waals surface area (Å²) in [7, 11) is 0. The zero-order valence-electron chi connectivity index (χ0n) is 12.5. The van der Waals surface area contributed by atoms with E-state index in [0.29, 0.717) is 6.54 Å². The number of amides is 1. The molecule has 4 nitrogen and oxygen atoms in total. The van der Waals surface area contributed by atoms with Crippen LogP contribution in [0.15, 0.2) is 24.3 Å². The maximum absolute atomic E-state index is 11.6. The molecule has 1 aromatic carbocycles. The van der Waals surface area contributed by atoms with E-state index in [1.807, 2.05) is 13.8 Å². The first-order valence-corrected chi connectivity index (χ1v) is 7.55. The Kier molecular flexibility index (Phi) is 5.41. The van der Waals surface area contributed by atoms with E-state index in [0.717, 1.165) is 6.54 Å². The summed E-state index contributed by atoms with van der Waals surface area (Å²) in [5.41, 5.74) is 2.52. The summed E-state index contributed by atoms with van der Waals surface area (Å²) in [6, 6.07) is 8.49. The van der Waals surface area contributed by atoms with E-state index >= 15 is 0 Å². The number of nitrogens with zero attached hydrogens (tertiary/aromatic N) is 1. The SMILES string of the molecule is CCNC(=O)C(C)NCc1ccc(N2CCCC2)cc1. The smallest absolute Gasteiger partial charge is 0.236 e. The van der Waals surface area contributed by atoms with Crippen molar-refractivity contribution in [3.8, 4) is 0 Å². The van der Waals surface area contributed by atoms with Crippen molar-refractivity contribution in [2.45, 2.75) is 39.3 Å². The van der Waals surface area contributed by atoms with E-state index in [1.54, 1.807) is 0 Å². The first kappa shape index (κ1) is 14.9. The summed E-state index contributed by atoms with van der Waals surface area (Å²) < 4.78 is 0. The normalized spacial score (nSPS) is 16.2. The monoisotopic (exact) mass is 275 g/mol. The molecule has 1 aliphatic rings. The Morgan fingerprint density at radius 3 is 2.50 bits per heavy atom. The Morgan fingerprint density at radius 2 is 1.90 bits per heavy atom. The van der Waals surface area contributed by atoms with E-state index in [9.17, 15) is 4.79 Å². The second-order valence-electron chi connectivity index (χ2n) is 5.36. The van der Waals surface area contributed by atoms with Gasteiger partial charge in [-0.3, -0.25) is 4.79 Å². The molecule has 20 heavy (non-hydrogen) atoms. The molecular formula is C16H25N3O. The van der Waals surface area contributed by atoms with Gasteiger partial charge in [0.2, 0.25) is 5.91 Å². The summed E-state index contributed by atoms with van der Waals surface area (Å²) in [5, 5.41) is 6.07. The molecule has 0 spiro atoms. The van der Waals surface area contributed by atoms with Crippen molar-refractivity contribution in [1.29, 1.82) is 0 Å². The quantitative estimate of drug-likeness (QED) is 0.833. The topological polar surface area (TPSA) is 44.4 Å². The van der Waals surface area contributed by atoms with E-state index < -0.39 is 0 Å². The average Bonchev–Trinajstić information content (AvgIpc) is 2.99. The molecule has 0 saturated carbocycles. The van der Waals surface area contributed by atoms with Gasteiger partial charge >= 0.3 is 0 Å². The molecule has 0 aromatic heterocycles. The fourth-order valence-corrected chi connectivity index (χ4v) is 2.49. The highest BCUT2D eigenvalue weighted by Gasteiger charge is 2.13. The number of likely N-dealkylation sites (N-methyl/N-ethyl adjacent to an activating group) is 1. The van der Waals surface area contributed by atoms with Gasteiger partial charge in [-0.05, 0) is 44.4 Å². The molecule has 1 heterocycles. The third-order valence-corrected chi connectivity index (χ3v) is 3.76. The van der Waals surface area contributed by atoms with Crippen LogP contribution in [0.4, 0.5) is 5.69 Å². The lowest BCUT2D eigenvalue weighted by molar-refractivity contribution is -0.122. The fraction of sp³-hybridized carbons (Fsp3) is 0.562. The second-order valence-corrected chi connectivity index (χ2v) is 5.36. The minimum absolute atomic E-state index is 0.0567. The van der Waals surface area contributed by atoms with Gasteiger partial charge in [-0.1, -0.05) is 12.1 Å². The zero-order valence-corrected chi connectivity index (χ0v) is 12.5. The van der Waals surface area contributed by atoms with E-state index in [1.165, 1.54) is 37.2 Å². The van der Waals surface area contributed by atoms with Crippen molar-refractivity contribution < 1.29 is 4.79 Å². The second kappa shape index (κ2) is 7.29. The van der Waals surface area contributed by atoms with Crippen molar-refractivity contribution in [1.82, 2.24) is 10.6 Å². The first-order chi connectivity index (χ1) is 9.70. The molecule has 1 amide bonds. The van der Waals surface area contributed by atoms with Crippen LogP contribution in [0, 0.1) is 0 Å². The third kappa shape index (κ3) is 3.97. The van der Waals surface area contributed by atoms with Crippen LogP contribution in [0.5, 0.6) is 0 Å².